The Balaban J connectivity index is 1.19. The van der Waals surface area contributed by atoms with Crippen LogP contribution in [-0.4, -0.2) is 9.55 Å². The van der Waals surface area contributed by atoms with Crippen molar-refractivity contribution in [1.82, 2.24) is 9.55 Å². The lowest BCUT2D eigenvalue weighted by Gasteiger charge is -2.29. The molecule has 0 spiro atoms. The smallest absolute Gasteiger partial charge is 0.175 e. The zero-order chi connectivity index (χ0) is 33.3. The van der Waals surface area contributed by atoms with Crippen molar-refractivity contribution in [2.75, 3.05) is 0 Å². The topological polar surface area (TPSA) is 34.9 Å². The third-order valence-corrected chi connectivity index (χ3v) is 11.4. The van der Waals surface area contributed by atoms with E-state index in [1.54, 1.807) is 12.1 Å². The van der Waals surface area contributed by atoms with E-state index in [2.05, 4.69) is 41.8 Å². The number of fused-ring (bicyclic) bond motifs is 2. The van der Waals surface area contributed by atoms with Gasteiger partial charge in [0.1, 0.15) is 5.82 Å². The molecule has 0 bridgehead atoms. The Kier molecular flexibility index (Phi) is 4.88. The van der Waals surface area contributed by atoms with E-state index in [0.29, 0.717) is 5.56 Å². The molecule has 1 aliphatic heterocycles. The lowest BCUT2D eigenvalue weighted by molar-refractivity contribution is 0.592. The molecule has 4 heteroatoms. The van der Waals surface area contributed by atoms with Crippen molar-refractivity contribution in [2.24, 2.45) is 0 Å². The maximum Gasteiger partial charge on any atom is 0.175 e. The molecule has 0 amide bonds. The first-order valence-corrected chi connectivity index (χ1v) is 16.0. The van der Waals surface area contributed by atoms with Gasteiger partial charge >= 0.3 is 0 Å². The second-order valence-corrected chi connectivity index (χ2v) is 13.4. The van der Waals surface area contributed by atoms with Gasteiger partial charge in [-0.15, -0.1) is 0 Å². The molecule has 2 heterocycles. The minimum atomic E-state index is -3.23. The minimum absolute atomic E-state index is 0.188. The number of hydrogen-bond acceptors (Lipinski definition) is 2. The number of rotatable bonds is 5. The fraction of sp³-hybridized carbons (Fsp3) is 0.0513. The molecule has 0 fully saturated rings. The van der Waals surface area contributed by atoms with Gasteiger partial charge in [0.15, 0.2) is 7.14 Å². The molecule has 1 atom stereocenters. The second-order valence-electron chi connectivity index (χ2n) is 10.7. The predicted molar refractivity (Wildman–Crippen MR) is 180 cm³/mol. The normalized spacial score (nSPS) is 17.0. The fourth-order valence-corrected chi connectivity index (χ4v) is 9.21. The number of para-hydroxylation sites is 1. The highest BCUT2D eigenvalue weighted by molar-refractivity contribution is 7.86. The lowest BCUT2D eigenvalue weighted by atomic mass is 9.98. The first-order valence-electron chi connectivity index (χ1n) is 16.8. The summed E-state index contributed by atoms with van der Waals surface area (Å²) in [5.74, 6) is 0.938. The molecule has 0 N–H and O–H groups in total. The van der Waals surface area contributed by atoms with Crippen molar-refractivity contribution in [3.05, 3.63) is 151 Å². The summed E-state index contributed by atoms with van der Waals surface area (Å²) in [6.45, 7) is 2.09. The lowest BCUT2D eigenvalue weighted by Crippen LogP contribution is -2.33. The van der Waals surface area contributed by atoms with Gasteiger partial charge in [0.05, 0.1) is 23.6 Å². The van der Waals surface area contributed by atoms with Crippen LogP contribution < -0.4 is 15.9 Å². The van der Waals surface area contributed by atoms with E-state index in [4.69, 9.17) is 11.8 Å². The largest absolute Gasteiger partial charge is 0.308 e. The highest BCUT2D eigenvalue weighted by Gasteiger charge is 2.39. The molecule has 0 saturated carbocycles. The molecule has 0 aliphatic carbocycles. The van der Waals surface area contributed by atoms with Gasteiger partial charge in [-0.05, 0) is 57.6 Å². The first-order chi connectivity index (χ1) is 23.2. The number of aryl methyl sites for hydroxylation is 1. The van der Waals surface area contributed by atoms with Gasteiger partial charge in [0.25, 0.3) is 0 Å². The van der Waals surface area contributed by atoms with Gasteiger partial charge < -0.3 is 4.57 Å². The van der Waals surface area contributed by atoms with E-state index < -0.39 is 13.2 Å². The molecular formula is C39H29N2OP. The van der Waals surface area contributed by atoms with E-state index >= 15 is 4.57 Å². The van der Waals surface area contributed by atoms with Crippen molar-refractivity contribution < 1.29 is 11.4 Å². The highest BCUT2D eigenvalue weighted by Crippen LogP contribution is 2.50. The summed E-state index contributed by atoms with van der Waals surface area (Å²) in [5.41, 5.74) is 7.28. The first kappa shape index (κ1) is 20.8. The van der Waals surface area contributed by atoms with Crippen molar-refractivity contribution >= 4 is 34.1 Å². The van der Waals surface area contributed by atoms with Crippen LogP contribution >= 0.6 is 7.14 Å². The van der Waals surface area contributed by atoms with Crippen LogP contribution in [0.25, 0.3) is 50.1 Å². The Hall–Kier alpha value is -4.98. The molecule has 3 nitrogen and oxygen atoms in total. The van der Waals surface area contributed by atoms with E-state index in [9.17, 15) is 0 Å². The molecule has 0 radical (unpaired) electrons. The number of benzene rings is 6. The van der Waals surface area contributed by atoms with Crippen LogP contribution in [0.3, 0.4) is 0 Å². The van der Waals surface area contributed by atoms with Gasteiger partial charge in [0.2, 0.25) is 0 Å². The van der Waals surface area contributed by atoms with Crippen LogP contribution in [0.4, 0.5) is 0 Å². The summed E-state index contributed by atoms with van der Waals surface area (Å²) in [7, 11) is -3.23. The van der Waals surface area contributed by atoms with Crippen LogP contribution in [0.5, 0.6) is 0 Å². The van der Waals surface area contributed by atoms with Gasteiger partial charge in [-0.3, -0.25) is 4.57 Å². The standard InChI is InChI=1S/C39H29N2OP/c1-2-38-40-34-14-9-15-36-39(34)41(38)35-25-24-32(26-37(35)43(36,42)33-12-7-4-8-13-33)31-22-20-30(21-23-31)29-18-16-28(17-19-29)27-10-5-3-6-11-27/h3-26H,2H2,1H3/i3D,5D,6D,10D,11D. The Bertz CT molecular complexity index is 2430. The van der Waals surface area contributed by atoms with Gasteiger partial charge in [-0.2, -0.15) is 0 Å². The Morgan fingerprint density at radius 1 is 0.651 bits per heavy atom. The van der Waals surface area contributed by atoms with E-state index in [-0.39, 0.29) is 29.7 Å². The second kappa shape index (κ2) is 10.1. The average Bonchev–Trinajstić information content (AvgIpc) is 3.52. The van der Waals surface area contributed by atoms with Crippen molar-refractivity contribution in [1.29, 1.82) is 0 Å². The molecule has 6 aromatic carbocycles. The average molecular weight is 578 g/mol. The molecule has 1 aromatic heterocycles. The highest BCUT2D eigenvalue weighted by atomic mass is 31.2. The summed E-state index contributed by atoms with van der Waals surface area (Å²) in [4.78, 5) is 4.92. The van der Waals surface area contributed by atoms with Crippen LogP contribution in [0.2, 0.25) is 0 Å². The number of hydrogen-bond donors (Lipinski definition) is 0. The molecule has 1 unspecified atom stereocenters. The molecule has 206 valence electrons. The van der Waals surface area contributed by atoms with Crippen molar-refractivity contribution in [3.63, 3.8) is 0 Å². The third kappa shape index (κ3) is 4.04. The molecule has 43 heavy (non-hydrogen) atoms. The van der Waals surface area contributed by atoms with Crippen LogP contribution in [-0.2, 0) is 11.0 Å². The van der Waals surface area contributed by atoms with Gasteiger partial charge in [0, 0.05) is 22.3 Å². The predicted octanol–water partition coefficient (Wildman–Crippen LogP) is 8.54. The molecular weight excluding hydrogens is 543 g/mol. The number of aromatic nitrogens is 2. The monoisotopic (exact) mass is 577 g/mol. The van der Waals surface area contributed by atoms with E-state index in [0.717, 1.165) is 67.1 Å². The zero-order valence-corrected chi connectivity index (χ0v) is 24.3. The number of imidazole rings is 1. The fourth-order valence-electron chi connectivity index (χ4n) is 6.18. The Morgan fingerprint density at radius 2 is 1.26 bits per heavy atom. The third-order valence-electron chi connectivity index (χ3n) is 8.28. The quantitative estimate of drug-likeness (QED) is 0.192. The minimum Gasteiger partial charge on any atom is -0.308 e. The van der Waals surface area contributed by atoms with Crippen molar-refractivity contribution in [3.8, 4) is 39.1 Å². The van der Waals surface area contributed by atoms with Gasteiger partial charge in [-0.1, -0.05) is 128 Å². The molecule has 0 saturated heterocycles. The van der Waals surface area contributed by atoms with Crippen LogP contribution in [0, 0.1) is 0 Å². The maximum atomic E-state index is 15.5. The molecule has 1 aliphatic rings. The summed E-state index contributed by atoms with van der Waals surface area (Å²) in [6.07, 6.45) is 0.746. The van der Waals surface area contributed by atoms with Gasteiger partial charge in [-0.25, -0.2) is 4.98 Å². The summed E-state index contributed by atoms with van der Waals surface area (Å²) < 4.78 is 58.2. The van der Waals surface area contributed by atoms with Crippen molar-refractivity contribution in [2.45, 2.75) is 13.3 Å². The van der Waals surface area contributed by atoms with Crippen LogP contribution in [0.1, 0.15) is 19.6 Å². The number of nitrogens with zero attached hydrogens (tertiary/aromatic N) is 2. The summed E-state index contributed by atoms with van der Waals surface area (Å²) >= 11 is 0. The maximum absolute atomic E-state index is 15.5. The SMILES string of the molecule is [2H]c1c([2H])c([2H])c(-c2ccc(-c3ccc(-c4ccc5c(c4)P(=O)(c4ccccc4)c4cccc6nc(CC)n-5c46)cc3)cc2)c([2H])c1[2H]. The summed E-state index contributed by atoms with van der Waals surface area (Å²) in [5, 5.41) is 2.40. The summed E-state index contributed by atoms with van der Waals surface area (Å²) in [6, 6.07) is 35.9. The van der Waals surface area contributed by atoms with E-state index in [1.165, 1.54) is 0 Å². The Morgan fingerprint density at radius 3 is 1.91 bits per heavy atom. The zero-order valence-electron chi connectivity index (χ0n) is 28.4. The Labute approximate surface area is 258 Å². The van der Waals surface area contributed by atoms with Crippen LogP contribution in [0.15, 0.2) is 145 Å². The van der Waals surface area contributed by atoms with E-state index in [1.807, 2.05) is 72.8 Å². The molecule has 7 aromatic rings. The molecule has 8 rings (SSSR count).